The molecule has 0 heterocycles. The quantitative estimate of drug-likeness (QED) is 0.762. The summed E-state index contributed by atoms with van der Waals surface area (Å²) in [4.78, 5) is 11.1. The zero-order valence-corrected chi connectivity index (χ0v) is 8.87. The van der Waals surface area contributed by atoms with E-state index < -0.39 is 23.0 Å². The summed E-state index contributed by atoms with van der Waals surface area (Å²) in [5.41, 5.74) is 0.271. The molecule has 0 fully saturated rings. The Balaban J connectivity index is 3.00. The maximum Gasteiger partial charge on any atom is 0.337 e. The van der Waals surface area contributed by atoms with Gasteiger partial charge in [0.15, 0.2) is 0 Å². The molecule has 6 heteroatoms. The molecule has 0 radical (unpaired) electrons. The number of esters is 1. The largest absolute Gasteiger partial charge is 0.465 e. The Kier molecular flexibility index (Phi) is 2.98. The molecule has 15 heavy (non-hydrogen) atoms. The van der Waals surface area contributed by atoms with Gasteiger partial charge in [0, 0.05) is 1.37 Å². The molecule has 0 amide bonds. The van der Waals surface area contributed by atoms with E-state index in [1.54, 1.807) is 0 Å². The molecule has 0 saturated carbocycles. The highest BCUT2D eigenvalue weighted by atomic mass is 32.2. The molecule has 0 aliphatic rings. The first-order valence-electron chi connectivity index (χ1n) is 4.69. The van der Waals surface area contributed by atoms with Gasteiger partial charge in [0.05, 0.1) is 17.6 Å². The monoisotopic (exact) mass is 230 g/mol. The van der Waals surface area contributed by atoms with Crippen molar-refractivity contribution in [1.29, 1.82) is 0 Å². The molecule has 0 aliphatic heterocycles. The minimum atomic E-state index is -3.65. The second kappa shape index (κ2) is 4.41. The van der Waals surface area contributed by atoms with E-state index in [0.717, 1.165) is 0 Å². The number of hydrogen-bond donors (Lipinski definition) is 1. The predicted molar refractivity (Wildman–Crippen MR) is 54.0 cm³/mol. The van der Waals surface area contributed by atoms with Crippen LogP contribution in [0.2, 0.25) is 0 Å². The molecule has 5 nitrogen and oxygen atoms in total. The third-order valence-corrected chi connectivity index (χ3v) is 3.05. The Labute approximate surface area is 89.5 Å². The summed E-state index contributed by atoms with van der Waals surface area (Å²) in [6.07, 6.45) is 0. The fourth-order valence-corrected chi connectivity index (χ4v) is 1.63. The van der Waals surface area contributed by atoms with E-state index in [2.05, 4.69) is 4.74 Å². The van der Waals surface area contributed by atoms with Gasteiger partial charge >= 0.3 is 5.97 Å². The van der Waals surface area contributed by atoms with Crippen LogP contribution in [-0.2, 0) is 14.8 Å². The predicted octanol–water partition coefficient (Wildman–Crippen LogP) is 0.381. The van der Waals surface area contributed by atoms with Gasteiger partial charge in [0.1, 0.15) is 0 Å². The topological polar surface area (TPSA) is 72.5 Å². The maximum absolute atomic E-state index is 11.4. The van der Waals surface area contributed by atoms with Gasteiger partial charge in [-0.1, -0.05) is 0 Å². The lowest BCUT2D eigenvalue weighted by atomic mass is 10.2. The van der Waals surface area contributed by atoms with E-state index in [0.29, 0.717) is 0 Å². The summed E-state index contributed by atoms with van der Waals surface area (Å²) in [5, 5.41) is 0. The van der Waals surface area contributed by atoms with Crippen LogP contribution in [0.3, 0.4) is 0 Å². The van der Waals surface area contributed by atoms with E-state index in [4.69, 9.17) is 1.37 Å². The lowest BCUT2D eigenvalue weighted by molar-refractivity contribution is 0.0600. The number of hydrogen-bond acceptors (Lipinski definition) is 4. The first-order chi connectivity index (χ1) is 7.51. The van der Waals surface area contributed by atoms with Crippen molar-refractivity contribution in [3.05, 3.63) is 29.8 Å². The number of carbonyl (C=O) groups excluding carboxylic acids is 1. The van der Waals surface area contributed by atoms with Gasteiger partial charge in [-0.05, 0) is 31.3 Å². The van der Waals surface area contributed by atoms with Crippen molar-refractivity contribution >= 4 is 16.0 Å². The Hall–Kier alpha value is -1.40. The van der Waals surface area contributed by atoms with E-state index in [1.807, 2.05) is 4.72 Å². The number of ether oxygens (including phenoxy) is 1. The average molecular weight is 230 g/mol. The van der Waals surface area contributed by atoms with Gasteiger partial charge in [0.2, 0.25) is 10.0 Å². The molecule has 1 aromatic carbocycles. The lowest BCUT2D eigenvalue weighted by Crippen LogP contribution is -2.18. The number of sulfonamides is 1. The van der Waals surface area contributed by atoms with Gasteiger partial charge in [-0.3, -0.25) is 0 Å². The number of rotatable bonds is 3. The molecule has 0 saturated heterocycles. The van der Waals surface area contributed by atoms with Crippen molar-refractivity contribution in [2.75, 3.05) is 14.1 Å². The molecule has 0 unspecified atom stereocenters. The molecular weight excluding hydrogens is 218 g/mol. The number of benzene rings is 1. The van der Waals surface area contributed by atoms with Gasteiger partial charge in [-0.25, -0.2) is 17.9 Å². The van der Waals surface area contributed by atoms with Crippen molar-refractivity contribution in [3.63, 3.8) is 0 Å². The minimum Gasteiger partial charge on any atom is -0.465 e. The van der Waals surface area contributed by atoms with Crippen molar-refractivity contribution in [1.82, 2.24) is 4.72 Å². The van der Waals surface area contributed by atoms with Gasteiger partial charge in [-0.15, -0.1) is 0 Å². The molecule has 82 valence electrons. The third kappa shape index (κ3) is 2.54. The first-order valence-corrected chi connectivity index (χ1v) is 5.47. The standard InChI is InChI=1S/C9H11NO4S/c1-10-15(12,13)8-5-3-7(4-6-8)9(11)14-2/h3-6,10H,1-2H3/i1D. The van der Waals surface area contributed by atoms with Crippen LogP contribution in [0, 0.1) is 0 Å². The van der Waals surface area contributed by atoms with Crippen molar-refractivity contribution < 1.29 is 19.3 Å². The smallest absolute Gasteiger partial charge is 0.337 e. The second-order valence-corrected chi connectivity index (χ2v) is 4.43. The Morgan fingerprint density at radius 1 is 1.40 bits per heavy atom. The second-order valence-electron chi connectivity index (χ2n) is 2.66. The van der Waals surface area contributed by atoms with Crippen LogP contribution in [0.5, 0.6) is 0 Å². The van der Waals surface area contributed by atoms with Crippen molar-refractivity contribution in [2.24, 2.45) is 0 Å². The van der Waals surface area contributed by atoms with Crippen molar-refractivity contribution in [3.8, 4) is 0 Å². The van der Waals surface area contributed by atoms with Gasteiger partial charge in [0.25, 0.3) is 0 Å². The average Bonchev–Trinajstić information content (AvgIpc) is 2.28. The molecule has 1 rings (SSSR count). The van der Waals surface area contributed by atoms with Crippen molar-refractivity contribution in [2.45, 2.75) is 4.90 Å². The van der Waals surface area contributed by atoms with E-state index in [9.17, 15) is 13.2 Å². The summed E-state index contributed by atoms with van der Waals surface area (Å²) in [5.74, 6) is -0.530. The fourth-order valence-electron chi connectivity index (χ4n) is 0.971. The molecule has 1 N–H and O–H groups in total. The molecule has 0 aliphatic carbocycles. The maximum atomic E-state index is 11.4. The summed E-state index contributed by atoms with van der Waals surface area (Å²) in [6.45, 7) is 0. The molecule has 0 spiro atoms. The van der Waals surface area contributed by atoms with Crippen LogP contribution < -0.4 is 4.72 Å². The van der Waals surface area contributed by atoms with E-state index in [-0.39, 0.29) is 10.5 Å². The zero-order valence-electron chi connectivity index (χ0n) is 9.06. The summed E-state index contributed by atoms with van der Waals surface area (Å²) in [6, 6.07) is 5.27. The van der Waals surface area contributed by atoms with Gasteiger partial charge < -0.3 is 4.74 Å². The Morgan fingerprint density at radius 2 is 2.00 bits per heavy atom. The zero-order chi connectivity index (χ0) is 12.2. The fraction of sp³-hybridized carbons (Fsp3) is 0.222. The normalized spacial score (nSPS) is 11.9. The van der Waals surface area contributed by atoms with Crippen LogP contribution in [-0.4, -0.2) is 28.5 Å². The molecule has 1 aromatic rings. The SMILES string of the molecule is [2H]CNS(=O)(=O)c1ccc(C(=O)OC)cc1. The highest BCUT2D eigenvalue weighted by Gasteiger charge is 2.12. The first kappa shape index (κ1) is 10.1. The molecule has 0 atom stereocenters. The highest BCUT2D eigenvalue weighted by Crippen LogP contribution is 2.10. The minimum absolute atomic E-state index is 0.00685. The van der Waals surface area contributed by atoms with Crippen LogP contribution in [0.15, 0.2) is 29.2 Å². The van der Waals surface area contributed by atoms with Crippen LogP contribution in [0.25, 0.3) is 0 Å². The Bertz CT molecular complexity index is 469. The third-order valence-electron chi connectivity index (χ3n) is 1.78. The number of carbonyl (C=O) groups is 1. The van der Waals surface area contributed by atoms with Crippen LogP contribution >= 0.6 is 0 Å². The summed E-state index contributed by atoms with van der Waals surface area (Å²) >= 11 is 0. The molecular formula is C9H11NO4S. The van der Waals surface area contributed by atoms with Crippen LogP contribution in [0.4, 0.5) is 0 Å². The van der Waals surface area contributed by atoms with E-state index >= 15 is 0 Å². The van der Waals surface area contributed by atoms with Crippen LogP contribution in [0.1, 0.15) is 11.7 Å². The number of methoxy groups -OCH3 is 1. The lowest BCUT2D eigenvalue weighted by Gasteiger charge is -2.03. The molecule has 0 bridgehead atoms. The van der Waals surface area contributed by atoms with E-state index in [1.165, 1.54) is 31.4 Å². The molecule has 0 aromatic heterocycles. The summed E-state index contributed by atoms with van der Waals surface area (Å²) in [7, 11) is -2.83. The summed E-state index contributed by atoms with van der Waals surface area (Å²) < 4.78 is 36.2. The number of nitrogens with one attached hydrogen (secondary N) is 1. The highest BCUT2D eigenvalue weighted by molar-refractivity contribution is 7.89. The van der Waals surface area contributed by atoms with Gasteiger partial charge in [-0.2, -0.15) is 0 Å². The Morgan fingerprint density at radius 3 is 2.47 bits per heavy atom.